The monoisotopic (exact) mass is 441 g/mol. The highest BCUT2D eigenvalue weighted by atomic mass is 127. The fourth-order valence-electron chi connectivity index (χ4n) is 4.25. The van der Waals surface area contributed by atoms with Crippen LogP contribution in [0.25, 0.3) is 11.4 Å². The molecule has 4 heterocycles. The summed E-state index contributed by atoms with van der Waals surface area (Å²) in [6, 6.07) is 7.79. The summed E-state index contributed by atoms with van der Waals surface area (Å²) < 4.78 is 12.0. The lowest BCUT2D eigenvalue weighted by Crippen LogP contribution is -3.00. The van der Waals surface area contributed by atoms with Gasteiger partial charge in [-0.15, -0.1) is 0 Å². The summed E-state index contributed by atoms with van der Waals surface area (Å²) in [6.45, 7) is 3.92. The van der Waals surface area contributed by atoms with Gasteiger partial charge >= 0.3 is 0 Å². The molecule has 3 saturated heterocycles. The van der Waals surface area contributed by atoms with Crippen molar-refractivity contribution in [3.05, 3.63) is 30.2 Å². The topological polar surface area (TPSA) is 48.2 Å². The van der Waals surface area contributed by atoms with E-state index in [9.17, 15) is 0 Å². The second-order valence-corrected chi connectivity index (χ2v) is 7.29. The maximum atomic E-state index is 5.53. The number of piperidine rings is 3. The van der Waals surface area contributed by atoms with Crippen molar-refractivity contribution in [2.24, 2.45) is 11.8 Å². The molecule has 5 rings (SSSR count). The van der Waals surface area contributed by atoms with Crippen LogP contribution in [0.4, 0.5) is 0 Å². The van der Waals surface area contributed by atoms with E-state index < -0.39 is 0 Å². The number of benzene rings is 1. The van der Waals surface area contributed by atoms with Crippen LogP contribution in [-0.2, 0) is 6.42 Å². The summed E-state index contributed by atoms with van der Waals surface area (Å²) in [5, 5.41) is 4.16. The normalized spacial score (nSPS) is 28.4. The molecule has 1 atom stereocenters. The number of halogens is 1. The maximum absolute atomic E-state index is 5.53. The molecule has 130 valence electrons. The first-order chi connectivity index (χ1) is 11.1. The molecule has 6 heteroatoms. The SMILES string of the molecule is COc1cccc(-c2noc(CC3C[N+]4(C)CCC3CC4)n2)c1.[I-]. The lowest BCUT2D eigenvalue weighted by atomic mass is 9.76. The third-order valence-electron chi connectivity index (χ3n) is 5.65. The largest absolute Gasteiger partial charge is 1.00 e. The van der Waals surface area contributed by atoms with Crippen LogP contribution >= 0.6 is 0 Å². The van der Waals surface area contributed by atoms with E-state index in [0.717, 1.165) is 29.5 Å². The van der Waals surface area contributed by atoms with Crippen LogP contribution < -0.4 is 28.7 Å². The zero-order chi connectivity index (χ0) is 15.9. The molecule has 0 N–H and O–H groups in total. The Labute approximate surface area is 160 Å². The van der Waals surface area contributed by atoms with Gasteiger partial charge in [-0.1, -0.05) is 17.3 Å². The number of fused-ring (bicyclic) bond motifs is 3. The quantitative estimate of drug-likeness (QED) is 0.487. The second-order valence-electron chi connectivity index (χ2n) is 7.29. The summed E-state index contributed by atoms with van der Waals surface area (Å²) >= 11 is 0. The Morgan fingerprint density at radius 1 is 1.29 bits per heavy atom. The minimum absolute atomic E-state index is 0. The Balaban J connectivity index is 0.00000169. The van der Waals surface area contributed by atoms with E-state index in [1.165, 1.54) is 37.0 Å². The molecule has 0 radical (unpaired) electrons. The van der Waals surface area contributed by atoms with Crippen molar-refractivity contribution in [3.63, 3.8) is 0 Å². The molecule has 0 aliphatic carbocycles. The number of ether oxygens (including phenoxy) is 1. The van der Waals surface area contributed by atoms with E-state index in [1.807, 2.05) is 24.3 Å². The van der Waals surface area contributed by atoms with Crippen LogP contribution in [0.1, 0.15) is 18.7 Å². The van der Waals surface area contributed by atoms with E-state index in [1.54, 1.807) is 7.11 Å². The summed E-state index contributed by atoms with van der Waals surface area (Å²) in [5.41, 5.74) is 0.937. The molecule has 5 nitrogen and oxygen atoms in total. The lowest BCUT2D eigenvalue weighted by molar-refractivity contribution is -0.929. The third kappa shape index (κ3) is 3.44. The predicted octanol–water partition coefficient (Wildman–Crippen LogP) is -0.222. The third-order valence-corrected chi connectivity index (χ3v) is 5.65. The van der Waals surface area contributed by atoms with E-state index >= 15 is 0 Å². The average Bonchev–Trinajstić information content (AvgIpc) is 3.03. The smallest absolute Gasteiger partial charge is 0.227 e. The van der Waals surface area contributed by atoms with Crippen molar-refractivity contribution in [3.8, 4) is 17.1 Å². The molecule has 3 fully saturated rings. The highest BCUT2D eigenvalue weighted by Crippen LogP contribution is 2.38. The molecule has 0 saturated carbocycles. The highest BCUT2D eigenvalue weighted by molar-refractivity contribution is 5.56. The summed E-state index contributed by atoms with van der Waals surface area (Å²) in [4.78, 5) is 4.62. The molecular weight excluding hydrogens is 417 g/mol. The second kappa shape index (κ2) is 7.00. The van der Waals surface area contributed by atoms with Crippen molar-refractivity contribution in [1.29, 1.82) is 0 Å². The molecule has 1 aromatic heterocycles. The number of hydrogen-bond donors (Lipinski definition) is 0. The molecule has 1 unspecified atom stereocenters. The van der Waals surface area contributed by atoms with Crippen molar-refractivity contribution in [2.45, 2.75) is 19.3 Å². The number of nitrogens with zero attached hydrogens (tertiary/aromatic N) is 3. The Morgan fingerprint density at radius 2 is 2.08 bits per heavy atom. The van der Waals surface area contributed by atoms with Gasteiger partial charge < -0.3 is 37.7 Å². The first-order valence-corrected chi connectivity index (χ1v) is 8.46. The van der Waals surface area contributed by atoms with Gasteiger partial charge in [0.15, 0.2) is 0 Å². The van der Waals surface area contributed by atoms with E-state index in [-0.39, 0.29) is 24.0 Å². The van der Waals surface area contributed by atoms with Gasteiger partial charge in [-0.05, 0) is 18.1 Å². The summed E-state index contributed by atoms with van der Waals surface area (Å²) in [6.07, 6.45) is 3.60. The van der Waals surface area contributed by atoms with E-state index in [4.69, 9.17) is 9.26 Å². The number of quaternary nitrogens is 1. The van der Waals surface area contributed by atoms with Crippen molar-refractivity contribution < 1.29 is 37.7 Å². The summed E-state index contributed by atoms with van der Waals surface area (Å²) in [5.74, 6) is 3.75. The fraction of sp³-hybridized carbons (Fsp3) is 0.556. The van der Waals surface area contributed by atoms with Crippen LogP contribution in [0.5, 0.6) is 5.75 Å². The van der Waals surface area contributed by atoms with Crippen molar-refractivity contribution in [1.82, 2.24) is 10.1 Å². The van der Waals surface area contributed by atoms with E-state index in [0.29, 0.717) is 11.7 Å². The van der Waals surface area contributed by atoms with Gasteiger partial charge in [0.25, 0.3) is 0 Å². The highest BCUT2D eigenvalue weighted by Gasteiger charge is 2.43. The molecule has 0 amide bonds. The maximum Gasteiger partial charge on any atom is 0.227 e. The summed E-state index contributed by atoms with van der Waals surface area (Å²) in [7, 11) is 4.05. The van der Waals surface area contributed by atoms with Gasteiger partial charge in [-0.3, -0.25) is 0 Å². The molecular formula is C18H24IN3O2. The molecule has 2 bridgehead atoms. The van der Waals surface area contributed by atoms with Gasteiger partial charge in [0.2, 0.25) is 11.7 Å². The standard InChI is InChI=1S/C18H24N3O2.HI/c1-21-8-6-13(7-9-21)15(12-21)11-17-19-18(20-23-17)14-4-3-5-16(10-14)22-2;/h3-5,10,13,15H,6-9,11-12H2,1-2H3;1H/q+1;/p-1. The molecule has 1 aromatic carbocycles. The first kappa shape index (κ1) is 17.7. The Bertz CT molecular complexity index is 695. The average molecular weight is 441 g/mol. The zero-order valence-corrected chi connectivity index (χ0v) is 16.4. The Morgan fingerprint density at radius 3 is 2.79 bits per heavy atom. The van der Waals surface area contributed by atoms with Crippen LogP contribution in [0, 0.1) is 11.8 Å². The number of hydrogen-bond acceptors (Lipinski definition) is 4. The van der Waals surface area contributed by atoms with Gasteiger partial charge in [-0.25, -0.2) is 0 Å². The number of methoxy groups -OCH3 is 1. The van der Waals surface area contributed by atoms with Gasteiger partial charge in [0, 0.05) is 30.7 Å². The number of aromatic nitrogens is 2. The fourth-order valence-corrected chi connectivity index (χ4v) is 4.25. The van der Waals surface area contributed by atoms with Crippen LogP contribution in [0.15, 0.2) is 28.8 Å². The lowest BCUT2D eigenvalue weighted by Gasteiger charge is -2.50. The Kier molecular flexibility index (Phi) is 5.15. The van der Waals surface area contributed by atoms with Crippen molar-refractivity contribution >= 4 is 0 Å². The molecule has 3 aliphatic rings. The van der Waals surface area contributed by atoms with Crippen LogP contribution in [0.2, 0.25) is 0 Å². The Hall–Kier alpha value is -1.15. The minimum Gasteiger partial charge on any atom is -1.00 e. The molecule has 2 aromatic rings. The molecule has 0 spiro atoms. The first-order valence-electron chi connectivity index (χ1n) is 8.46. The van der Waals surface area contributed by atoms with E-state index in [2.05, 4.69) is 17.2 Å². The zero-order valence-electron chi connectivity index (χ0n) is 14.2. The van der Waals surface area contributed by atoms with Gasteiger partial charge in [-0.2, -0.15) is 4.98 Å². The molecule has 3 aliphatic heterocycles. The van der Waals surface area contributed by atoms with Gasteiger partial charge in [0.05, 0.1) is 33.8 Å². The van der Waals surface area contributed by atoms with Crippen LogP contribution in [-0.4, -0.2) is 48.4 Å². The van der Waals surface area contributed by atoms with Crippen LogP contribution in [0.3, 0.4) is 0 Å². The van der Waals surface area contributed by atoms with Gasteiger partial charge in [0.1, 0.15) is 5.75 Å². The minimum atomic E-state index is 0. The number of rotatable bonds is 4. The van der Waals surface area contributed by atoms with Crippen molar-refractivity contribution in [2.75, 3.05) is 33.8 Å². The molecule has 24 heavy (non-hydrogen) atoms. The predicted molar refractivity (Wildman–Crippen MR) is 87.0 cm³/mol.